The van der Waals surface area contributed by atoms with Crippen molar-refractivity contribution in [3.05, 3.63) is 64.9 Å². The van der Waals surface area contributed by atoms with Gasteiger partial charge in [-0.3, -0.25) is 19.2 Å². The van der Waals surface area contributed by atoms with Crippen LogP contribution in [0.3, 0.4) is 0 Å². The maximum atomic E-state index is 13.7. The average Bonchev–Trinajstić information content (AvgIpc) is 3.48. The second kappa shape index (κ2) is 16.7. The van der Waals surface area contributed by atoms with Crippen LogP contribution in [0, 0.1) is 17.2 Å². The molecule has 50 heavy (non-hydrogen) atoms. The minimum absolute atomic E-state index is 0.00212. The molecule has 2 heterocycles. The molecule has 0 unspecified atom stereocenters. The molecule has 1 aromatic heterocycles. The van der Waals surface area contributed by atoms with Gasteiger partial charge in [0.1, 0.15) is 29.3 Å². The third-order valence-electron chi connectivity index (χ3n) is 7.79. The van der Waals surface area contributed by atoms with Crippen LogP contribution in [0.2, 0.25) is 5.02 Å². The van der Waals surface area contributed by atoms with Gasteiger partial charge in [0, 0.05) is 18.7 Å². The number of aromatic nitrogens is 3. The largest absolute Gasteiger partial charge is 0.354 e. The van der Waals surface area contributed by atoms with Crippen molar-refractivity contribution in [3.63, 3.8) is 0 Å². The van der Waals surface area contributed by atoms with Crippen LogP contribution in [0.15, 0.2) is 53.4 Å². The van der Waals surface area contributed by atoms with E-state index in [1.807, 2.05) is 50.2 Å². The summed E-state index contributed by atoms with van der Waals surface area (Å²) < 4.78 is 29.8. The van der Waals surface area contributed by atoms with Crippen molar-refractivity contribution in [2.75, 3.05) is 19.6 Å². The van der Waals surface area contributed by atoms with Gasteiger partial charge in [0.25, 0.3) is 0 Å². The van der Waals surface area contributed by atoms with Crippen molar-refractivity contribution in [2.24, 2.45) is 5.92 Å². The number of benzene rings is 2. The van der Waals surface area contributed by atoms with Crippen LogP contribution in [0.5, 0.6) is 0 Å². The summed E-state index contributed by atoms with van der Waals surface area (Å²) in [4.78, 5) is 57.4. The number of fused-ring (bicyclic) bond motifs is 1. The number of carbonyl (C=O) groups excluding carboxylic acids is 4. The van der Waals surface area contributed by atoms with E-state index in [-0.39, 0.29) is 53.9 Å². The van der Waals surface area contributed by atoms with Crippen LogP contribution >= 0.6 is 11.6 Å². The van der Waals surface area contributed by atoms with E-state index in [0.717, 1.165) is 4.31 Å². The molecule has 4 N–H and O–H groups in total. The number of nitrogens with one attached hydrogen (secondary N) is 4. The number of nitriles is 1. The van der Waals surface area contributed by atoms with E-state index in [1.54, 1.807) is 6.92 Å². The second-order valence-corrected chi connectivity index (χ2v) is 14.6. The summed E-state index contributed by atoms with van der Waals surface area (Å²) in [5, 5.41) is 24.4. The number of hydrogen-bond acceptors (Lipinski definition) is 9. The number of rotatable bonds is 5. The first-order chi connectivity index (χ1) is 23.7. The minimum atomic E-state index is -4.39. The highest BCUT2D eigenvalue weighted by Crippen LogP contribution is 2.26. The van der Waals surface area contributed by atoms with Gasteiger partial charge in [-0.25, -0.2) is 18.1 Å². The molecule has 3 atom stereocenters. The second-order valence-electron chi connectivity index (χ2n) is 12.3. The molecule has 4 amide bonds. The fourth-order valence-corrected chi connectivity index (χ4v) is 7.22. The van der Waals surface area contributed by atoms with Gasteiger partial charge in [-0.2, -0.15) is 14.7 Å². The van der Waals surface area contributed by atoms with Crippen molar-refractivity contribution in [1.82, 2.24) is 40.3 Å². The zero-order valence-electron chi connectivity index (χ0n) is 28.1. The first kappa shape index (κ1) is 38.0. The molecular weight excluding hydrogens is 686 g/mol. The fraction of sp³-hybridized carbons (Fsp3) is 0.424. The first-order valence-electron chi connectivity index (χ1n) is 16.1. The SMILES string of the molecule is CC(C)C[C@H]1NC(=O)[C@@H](C)NC(=O)CN(S(=O)(=O)c2ccc(C#N)cc2Cl)CCCNC(=O)Cn2nc(-c3ccccc3)nc2[C@H](C)NC1=O. The van der Waals surface area contributed by atoms with E-state index in [1.165, 1.54) is 29.8 Å². The van der Waals surface area contributed by atoms with Crippen molar-refractivity contribution < 1.29 is 27.6 Å². The molecule has 0 aliphatic carbocycles. The minimum Gasteiger partial charge on any atom is -0.354 e. The first-order valence-corrected chi connectivity index (χ1v) is 17.9. The van der Waals surface area contributed by atoms with Crippen molar-refractivity contribution in [1.29, 1.82) is 5.26 Å². The fourth-order valence-electron chi connectivity index (χ4n) is 5.27. The molecule has 15 nitrogen and oxygen atoms in total. The van der Waals surface area contributed by atoms with Gasteiger partial charge in [0.05, 0.1) is 29.2 Å². The van der Waals surface area contributed by atoms with E-state index in [2.05, 4.69) is 31.3 Å². The summed E-state index contributed by atoms with van der Waals surface area (Å²) >= 11 is 6.24. The van der Waals surface area contributed by atoms with Crippen LogP contribution in [-0.4, -0.2) is 82.8 Å². The molecule has 266 valence electrons. The Bertz CT molecular complexity index is 1880. The third-order valence-corrected chi connectivity index (χ3v) is 10.1. The number of carbonyl (C=O) groups is 4. The molecule has 0 spiro atoms. The normalized spacial score (nSPS) is 20.6. The Morgan fingerprint density at radius 2 is 1.68 bits per heavy atom. The maximum absolute atomic E-state index is 13.7. The molecule has 1 aliphatic rings. The molecule has 0 saturated carbocycles. The Morgan fingerprint density at radius 3 is 2.34 bits per heavy atom. The number of hydrogen-bond donors (Lipinski definition) is 4. The summed E-state index contributed by atoms with van der Waals surface area (Å²) in [7, 11) is -4.39. The molecule has 17 heteroatoms. The Hall–Kier alpha value is -4.85. The Kier molecular flexibility index (Phi) is 12.7. The van der Waals surface area contributed by atoms with Crippen molar-refractivity contribution >= 4 is 45.3 Å². The van der Waals surface area contributed by atoms with Gasteiger partial charge >= 0.3 is 0 Å². The molecule has 0 fully saturated rings. The summed E-state index contributed by atoms with van der Waals surface area (Å²) in [6.07, 6.45) is 0.373. The van der Waals surface area contributed by atoms with Crippen LogP contribution in [-0.2, 0) is 35.7 Å². The molecule has 3 aromatic rings. The summed E-state index contributed by atoms with van der Waals surface area (Å²) in [6, 6.07) is 11.8. The summed E-state index contributed by atoms with van der Waals surface area (Å²) in [6.45, 7) is 5.78. The van der Waals surface area contributed by atoms with Gasteiger partial charge in [0.15, 0.2) is 5.82 Å². The van der Waals surface area contributed by atoms with E-state index in [9.17, 15) is 32.9 Å². The molecule has 2 aromatic carbocycles. The van der Waals surface area contributed by atoms with Crippen molar-refractivity contribution in [3.8, 4) is 17.5 Å². The van der Waals surface area contributed by atoms with Crippen LogP contribution in [0.1, 0.15) is 58.0 Å². The lowest BCUT2D eigenvalue weighted by molar-refractivity contribution is -0.132. The topological polar surface area (TPSA) is 208 Å². The van der Waals surface area contributed by atoms with Gasteiger partial charge in [-0.15, -0.1) is 0 Å². The van der Waals surface area contributed by atoms with Crippen molar-refractivity contribution in [2.45, 2.75) is 70.1 Å². The number of sulfonamides is 1. The monoisotopic (exact) mass is 725 g/mol. The van der Waals surface area contributed by atoms with Crippen LogP contribution < -0.4 is 21.3 Å². The number of halogens is 1. The van der Waals surface area contributed by atoms with Crippen LogP contribution in [0.4, 0.5) is 0 Å². The molecule has 1 aliphatic heterocycles. The molecule has 4 rings (SSSR count). The summed E-state index contributed by atoms with van der Waals surface area (Å²) in [5.41, 5.74) is 0.848. The Balaban J connectivity index is 1.67. The molecule has 0 saturated heterocycles. The zero-order valence-corrected chi connectivity index (χ0v) is 29.7. The maximum Gasteiger partial charge on any atom is 0.245 e. The lowest BCUT2D eigenvalue weighted by atomic mass is 10.0. The molecule has 0 bridgehead atoms. The van der Waals surface area contributed by atoms with Gasteiger partial charge in [-0.05, 0) is 50.8 Å². The van der Waals surface area contributed by atoms with Gasteiger partial charge in [0.2, 0.25) is 33.7 Å². The van der Waals surface area contributed by atoms with Crippen LogP contribution in [0.25, 0.3) is 11.4 Å². The van der Waals surface area contributed by atoms with Gasteiger partial charge < -0.3 is 21.3 Å². The van der Waals surface area contributed by atoms with E-state index >= 15 is 0 Å². The Labute approximate surface area is 295 Å². The highest BCUT2D eigenvalue weighted by molar-refractivity contribution is 7.89. The molecular formula is C33H40ClN9O6S. The average molecular weight is 726 g/mol. The highest BCUT2D eigenvalue weighted by atomic mass is 35.5. The number of nitrogens with zero attached hydrogens (tertiary/aromatic N) is 5. The lowest BCUT2D eigenvalue weighted by Crippen LogP contribution is -2.54. The Morgan fingerprint density at radius 1 is 0.960 bits per heavy atom. The predicted molar refractivity (Wildman–Crippen MR) is 184 cm³/mol. The lowest BCUT2D eigenvalue weighted by Gasteiger charge is -2.25. The van der Waals surface area contributed by atoms with E-state index in [0.29, 0.717) is 17.2 Å². The standard InChI is InChI=1S/C33H40ClN9O6S/c1-20(2)15-26-33(47)38-21(3)31-40-30(24-9-6-5-7-10-24)41-43(31)19-28(44)36-13-8-14-42(18-29(45)37-22(4)32(46)39-26)50(48,49)27-12-11-23(17-35)16-25(27)34/h5-7,9-12,16,20-22,26H,8,13-15,18-19H2,1-4H3,(H,36,44)(H,37,45)(H,38,47)(H,39,46)/t21-,22+,26+/m0/s1. The number of amides is 4. The third kappa shape index (κ3) is 9.65. The zero-order chi connectivity index (χ0) is 36.6. The van der Waals surface area contributed by atoms with E-state index in [4.69, 9.17) is 11.6 Å². The van der Waals surface area contributed by atoms with Gasteiger partial charge in [-0.1, -0.05) is 55.8 Å². The smallest absolute Gasteiger partial charge is 0.245 e. The quantitative estimate of drug-likeness (QED) is 0.302. The van der Waals surface area contributed by atoms with E-state index < -0.39 is 58.3 Å². The predicted octanol–water partition coefficient (Wildman–Crippen LogP) is 1.89. The molecule has 0 radical (unpaired) electrons. The highest BCUT2D eigenvalue weighted by Gasteiger charge is 2.31. The summed E-state index contributed by atoms with van der Waals surface area (Å²) in [5.74, 6) is -1.75.